The number of aliphatic hydroxyl groups is 1. The number of hydrogen-bond acceptors (Lipinski definition) is 4. The van der Waals surface area contributed by atoms with Crippen molar-refractivity contribution in [2.45, 2.75) is 12.0 Å². The summed E-state index contributed by atoms with van der Waals surface area (Å²) >= 11 is 4.94. The van der Waals surface area contributed by atoms with Crippen LogP contribution in [0.4, 0.5) is 0 Å². The fourth-order valence-corrected chi connectivity index (χ4v) is 0.992. The van der Waals surface area contributed by atoms with E-state index in [0.29, 0.717) is 0 Å². The molecule has 1 unspecified atom stereocenters. The smallest absolute Gasteiger partial charge is 0.748 e. The van der Waals surface area contributed by atoms with Crippen molar-refractivity contribution in [1.29, 1.82) is 0 Å². The predicted octanol–water partition coefficient (Wildman–Crippen LogP) is -3.52. The van der Waals surface area contributed by atoms with Crippen molar-refractivity contribution in [2.75, 3.05) is 5.75 Å². The minimum absolute atomic E-state index is 0. The number of aliphatic hydroxyl groups excluding tert-OH is 1. The molecular formula is C3H6ClNaO4S. The third kappa shape index (κ3) is 11.9. The third-order valence-electron chi connectivity index (χ3n) is 0.606. The minimum atomic E-state index is -4.21. The van der Waals surface area contributed by atoms with E-state index in [-0.39, 0.29) is 36.0 Å². The molecule has 4 nitrogen and oxygen atoms in total. The van der Waals surface area contributed by atoms with Crippen LogP contribution in [-0.2, 0) is 10.1 Å². The molecule has 7 heteroatoms. The topological polar surface area (TPSA) is 77.4 Å². The molecule has 0 aliphatic rings. The molecule has 0 amide bonds. The zero-order chi connectivity index (χ0) is 7.49. The summed E-state index contributed by atoms with van der Waals surface area (Å²) in [6, 6.07) is 0. The van der Waals surface area contributed by atoms with Gasteiger partial charge in [-0.05, 0) is 0 Å². The van der Waals surface area contributed by atoms with Gasteiger partial charge in [0.05, 0.1) is 10.1 Å². The number of alkyl halides is 1. The van der Waals surface area contributed by atoms with Gasteiger partial charge < -0.3 is 9.66 Å². The molecule has 0 rings (SSSR count). The number of hydrogen-bond donors (Lipinski definition) is 1. The minimum Gasteiger partial charge on any atom is -0.748 e. The summed E-state index contributed by atoms with van der Waals surface area (Å²) in [6.07, 6.45) is -0.215. The van der Waals surface area contributed by atoms with Crippen LogP contribution >= 0.6 is 11.6 Å². The summed E-state index contributed by atoms with van der Waals surface area (Å²) in [5.41, 5.74) is -1.24. The molecule has 56 valence electrons. The second kappa shape index (κ2) is 5.77. The Labute approximate surface area is 86.6 Å². The van der Waals surface area contributed by atoms with E-state index in [2.05, 4.69) is 0 Å². The molecule has 0 saturated heterocycles. The first-order valence-corrected chi connectivity index (χ1v) is 4.19. The monoisotopic (exact) mass is 196 g/mol. The molecule has 0 aromatic carbocycles. The summed E-state index contributed by atoms with van der Waals surface area (Å²) in [5, 5.41) is 8.28. The zero-order valence-electron chi connectivity index (χ0n) is 5.45. The quantitative estimate of drug-likeness (QED) is 0.289. The van der Waals surface area contributed by atoms with E-state index < -0.39 is 21.4 Å². The molecular weight excluding hydrogens is 191 g/mol. The van der Waals surface area contributed by atoms with Crippen molar-refractivity contribution in [3.8, 4) is 0 Å². The van der Waals surface area contributed by atoms with E-state index in [1.165, 1.54) is 0 Å². The van der Waals surface area contributed by atoms with E-state index in [1.807, 2.05) is 0 Å². The van der Waals surface area contributed by atoms with E-state index in [1.54, 1.807) is 0 Å². The normalized spacial score (nSPS) is 13.9. The molecule has 0 bridgehead atoms. The van der Waals surface area contributed by atoms with Gasteiger partial charge in [-0.2, -0.15) is 0 Å². The predicted molar refractivity (Wildman–Crippen MR) is 31.0 cm³/mol. The molecule has 0 radical (unpaired) electrons. The van der Waals surface area contributed by atoms with Crippen LogP contribution in [-0.4, -0.2) is 29.4 Å². The van der Waals surface area contributed by atoms with Gasteiger partial charge in [-0.25, -0.2) is 8.42 Å². The summed E-state index contributed by atoms with van der Waals surface area (Å²) in [6.45, 7) is 0. The molecule has 0 aliphatic carbocycles. The first-order chi connectivity index (χ1) is 3.92. The molecule has 1 N–H and O–H groups in total. The standard InChI is InChI=1S/C3H7ClO4S.Na/c4-3(5)1-2-9(6,7)8;/h3,5H,1-2H2,(H,6,7,8);/q;+1/p-1. The molecule has 0 aromatic rings. The molecule has 0 fully saturated rings. The first kappa shape index (κ1) is 13.7. The SMILES string of the molecule is O=S(=O)([O-])CCC(O)Cl.[Na+]. The van der Waals surface area contributed by atoms with Crippen LogP contribution < -0.4 is 29.6 Å². The molecule has 10 heavy (non-hydrogen) atoms. The van der Waals surface area contributed by atoms with Crippen LogP contribution in [0, 0.1) is 0 Å². The third-order valence-corrected chi connectivity index (χ3v) is 1.56. The Balaban J connectivity index is 0. The van der Waals surface area contributed by atoms with E-state index in [4.69, 9.17) is 16.7 Å². The molecule has 0 spiro atoms. The largest absolute Gasteiger partial charge is 1.00 e. The second-order valence-corrected chi connectivity index (χ2v) is 3.51. The maximum atomic E-state index is 9.81. The summed E-state index contributed by atoms with van der Waals surface area (Å²) < 4.78 is 29.4. The molecule has 0 aromatic heterocycles. The van der Waals surface area contributed by atoms with E-state index in [0.717, 1.165) is 0 Å². The average molecular weight is 197 g/mol. The molecule has 1 atom stereocenters. The van der Waals surface area contributed by atoms with Crippen molar-refractivity contribution in [2.24, 2.45) is 0 Å². The van der Waals surface area contributed by atoms with Gasteiger partial charge in [0.15, 0.2) is 0 Å². The molecule has 0 saturated carbocycles. The Hall–Kier alpha value is 1.16. The average Bonchev–Trinajstić information content (AvgIpc) is 1.59. The van der Waals surface area contributed by atoms with Gasteiger partial charge in [0.1, 0.15) is 5.56 Å². The summed E-state index contributed by atoms with van der Waals surface area (Å²) in [5.74, 6) is -0.613. The Morgan fingerprint density at radius 1 is 1.60 bits per heavy atom. The van der Waals surface area contributed by atoms with Crippen LogP contribution in [0.3, 0.4) is 0 Å². The van der Waals surface area contributed by atoms with Crippen molar-refractivity contribution in [3.05, 3.63) is 0 Å². The number of halogens is 1. The van der Waals surface area contributed by atoms with Gasteiger partial charge in [0.25, 0.3) is 0 Å². The Morgan fingerprint density at radius 3 is 2.10 bits per heavy atom. The Bertz CT molecular complexity index is 165. The van der Waals surface area contributed by atoms with Gasteiger partial charge in [-0.15, -0.1) is 0 Å². The fourth-order valence-electron chi connectivity index (χ4n) is 0.242. The van der Waals surface area contributed by atoms with Crippen molar-refractivity contribution >= 4 is 21.7 Å². The van der Waals surface area contributed by atoms with Crippen LogP contribution in [0.1, 0.15) is 6.42 Å². The van der Waals surface area contributed by atoms with Crippen LogP contribution in [0.5, 0.6) is 0 Å². The Morgan fingerprint density at radius 2 is 2.00 bits per heavy atom. The van der Waals surface area contributed by atoms with Crippen molar-refractivity contribution < 1.29 is 47.6 Å². The van der Waals surface area contributed by atoms with Crippen LogP contribution in [0.15, 0.2) is 0 Å². The molecule has 0 aliphatic heterocycles. The fraction of sp³-hybridized carbons (Fsp3) is 1.00. The van der Waals surface area contributed by atoms with Crippen molar-refractivity contribution in [1.82, 2.24) is 0 Å². The maximum absolute atomic E-state index is 9.81. The van der Waals surface area contributed by atoms with Crippen molar-refractivity contribution in [3.63, 3.8) is 0 Å². The van der Waals surface area contributed by atoms with Gasteiger partial charge >= 0.3 is 29.6 Å². The van der Waals surface area contributed by atoms with E-state index >= 15 is 0 Å². The Kier molecular flexibility index (Phi) is 7.92. The first-order valence-electron chi connectivity index (χ1n) is 2.17. The van der Waals surface area contributed by atoms with Gasteiger partial charge in [-0.3, -0.25) is 0 Å². The number of rotatable bonds is 3. The second-order valence-electron chi connectivity index (χ2n) is 1.48. The van der Waals surface area contributed by atoms with Gasteiger partial charge in [0.2, 0.25) is 0 Å². The zero-order valence-corrected chi connectivity index (χ0v) is 9.02. The van der Waals surface area contributed by atoms with Crippen LogP contribution in [0.25, 0.3) is 0 Å². The van der Waals surface area contributed by atoms with Crippen LogP contribution in [0.2, 0.25) is 0 Å². The van der Waals surface area contributed by atoms with E-state index in [9.17, 15) is 13.0 Å². The summed E-state index contributed by atoms with van der Waals surface area (Å²) in [4.78, 5) is 0. The molecule has 0 heterocycles. The van der Waals surface area contributed by atoms with Gasteiger partial charge in [-0.1, -0.05) is 11.6 Å². The summed E-state index contributed by atoms with van der Waals surface area (Å²) in [7, 11) is -4.21. The maximum Gasteiger partial charge on any atom is 1.00 e. The van der Waals surface area contributed by atoms with Gasteiger partial charge in [0, 0.05) is 12.2 Å².